The molecule has 0 atom stereocenters. The summed E-state index contributed by atoms with van der Waals surface area (Å²) in [5.41, 5.74) is 1.50. The minimum Gasteiger partial charge on any atom is -0.494 e. The first kappa shape index (κ1) is 20.3. The van der Waals surface area contributed by atoms with Gasteiger partial charge in [0.1, 0.15) is 15.6 Å². The quantitative estimate of drug-likeness (QED) is 0.516. The number of pyridine rings is 1. The number of nitrogens with zero attached hydrogens (tertiary/aromatic N) is 3. The molecule has 0 unspecified atom stereocenters. The van der Waals surface area contributed by atoms with Gasteiger partial charge in [-0.2, -0.15) is 0 Å². The van der Waals surface area contributed by atoms with E-state index in [-0.39, 0.29) is 5.91 Å². The average molecular weight is 430 g/mol. The summed E-state index contributed by atoms with van der Waals surface area (Å²) in [5, 5.41) is 0.997. The summed E-state index contributed by atoms with van der Waals surface area (Å²) in [4.78, 5) is 22.2. The largest absolute Gasteiger partial charge is 0.494 e. The lowest BCUT2D eigenvalue weighted by Gasteiger charge is -2.27. The van der Waals surface area contributed by atoms with Crippen LogP contribution in [0.5, 0.6) is 5.75 Å². The molecule has 0 saturated carbocycles. The molecule has 152 valence electrons. The second-order valence-electron chi connectivity index (χ2n) is 6.91. The van der Waals surface area contributed by atoms with Gasteiger partial charge >= 0.3 is 0 Å². The molecular weight excluding hydrogens is 406 g/mol. The van der Waals surface area contributed by atoms with E-state index in [9.17, 15) is 4.79 Å². The van der Waals surface area contributed by atoms with Crippen LogP contribution in [0.25, 0.3) is 17.0 Å². The van der Waals surface area contributed by atoms with Gasteiger partial charge in [0.05, 0.1) is 30.9 Å². The Hall–Kier alpha value is -2.00. The van der Waals surface area contributed by atoms with Crippen molar-refractivity contribution < 1.29 is 14.3 Å². The maximum Gasteiger partial charge on any atom is 0.266 e. The zero-order valence-corrected chi connectivity index (χ0v) is 17.9. The van der Waals surface area contributed by atoms with Crippen LogP contribution in [0.4, 0.5) is 0 Å². The first-order valence-corrected chi connectivity index (χ1v) is 10.9. The molecule has 0 radical (unpaired) electrons. The highest BCUT2D eigenvalue weighted by atomic mass is 32.2. The lowest BCUT2D eigenvalue weighted by Crippen LogP contribution is -2.38. The molecule has 1 amide bonds. The van der Waals surface area contributed by atoms with Crippen LogP contribution < -0.4 is 4.74 Å². The number of methoxy groups -OCH3 is 1. The Kier molecular flexibility index (Phi) is 6.44. The molecule has 29 heavy (non-hydrogen) atoms. The number of hydrogen-bond donors (Lipinski definition) is 0. The highest BCUT2D eigenvalue weighted by molar-refractivity contribution is 8.26. The summed E-state index contributed by atoms with van der Waals surface area (Å²) >= 11 is 6.79. The predicted molar refractivity (Wildman–Crippen MR) is 120 cm³/mol. The molecule has 4 rings (SSSR count). The second-order valence-corrected chi connectivity index (χ2v) is 8.58. The number of benzene rings is 1. The molecule has 6 nitrogen and oxygen atoms in total. The van der Waals surface area contributed by atoms with Gasteiger partial charge < -0.3 is 9.47 Å². The Balaban J connectivity index is 1.45. The fourth-order valence-electron chi connectivity index (χ4n) is 3.48. The molecule has 1 aromatic heterocycles. The predicted octanol–water partition coefficient (Wildman–Crippen LogP) is 3.17. The molecular formula is C21H23N3O3S2. The third-order valence-electron chi connectivity index (χ3n) is 5.04. The van der Waals surface area contributed by atoms with E-state index in [1.54, 1.807) is 12.0 Å². The maximum absolute atomic E-state index is 12.9. The van der Waals surface area contributed by atoms with Crippen LogP contribution in [-0.2, 0) is 9.53 Å². The summed E-state index contributed by atoms with van der Waals surface area (Å²) in [5.74, 6) is 0.678. The van der Waals surface area contributed by atoms with Crippen LogP contribution in [0.3, 0.4) is 0 Å². The second kappa shape index (κ2) is 9.21. The van der Waals surface area contributed by atoms with Crippen LogP contribution in [0.2, 0.25) is 0 Å². The number of morpholine rings is 1. The van der Waals surface area contributed by atoms with E-state index in [1.165, 1.54) is 11.8 Å². The number of ether oxygens (including phenoxy) is 2. The lowest BCUT2D eigenvalue weighted by molar-refractivity contribution is -0.122. The van der Waals surface area contributed by atoms with Gasteiger partial charge in [0, 0.05) is 31.6 Å². The third kappa shape index (κ3) is 4.61. The number of thioether (sulfide) groups is 1. The lowest BCUT2D eigenvalue weighted by atomic mass is 10.2. The fourth-order valence-corrected chi connectivity index (χ4v) is 4.78. The number of amides is 1. The van der Waals surface area contributed by atoms with Crippen LogP contribution in [-0.4, -0.2) is 71.5 Å². The number of hydrogen-bond acceptors (Lipinski definition) is 7. The van der Waals surface area contributed by atoms with Gasteiger partial charge in [-0.05, 0) is 24.6 Å². The molecule has 0 spiro atoms. The zero-order valence-electron chi connectivity index (χ0n) is 16.3. The van der Waals surface area contributed by atoms with E-state index in [0.717, 1.165) is 55.9 Å². The minimum absolute atomic E-state index is 0.0381. The topological polar surface area (TPSA) is 54.9 Å². The van der Waals surface area contributed by atoms with Gasteiger partial charge in [-0.1, -0.05) is 42.2 Å². The summed E-state index contributed by atoms with van der Waals surface area (Å²) < 4.78 is 11.4. The summed E-state index contributed by atoms with van der Waals surface area (Å²) in [6, 6.07) is 9.70. The number of fused-ring (bicyclic) bond motifs is 1. The molecule has 2 aliphatic rings. The molecule has 2 saturated heterocycles. The van der Waals surface area contributed by atoms with Gasteiger partial charge in [-0.3, -0.25) is 14.6 Å². The zero-order chi connectivity index (χ0) is 20.2. The Morgan fingerprint density at radius 1 is 1.24 bits per heavy atom. The van der Waals surface area contributed by atoms with Crippen molar-refractivity contribution in [1.29, 1.82) is 0 Å². The van der Waals surface area contributed by atoms with Crippen LogP contribution >= 0.6 is 24.0 Å². The molecule has 0 N–H and O–H groups in total. The first-order valence-electron chi connectivity index (χ1n) is 9.65. The molecule has 0 bridgehead atoms. The molecule has 2 fully saturated rings. The Labute approximate surface area is 179 Å². The summed E-state index contributed by atoms with van der Waals surface area (Å²) in [7, 11) is 1.63. The van der Waals surface area contributed by atoms with Crippen LogP contribution in [0, 0.1) is 0 Å². The molecule has 1 aromatic carbocycles. The normalized spacial score (nSPS) is 19.5. The maximum atomic E-state index is 12.9. The van der Waals surface area contributed by atoms with Crippen LogP contribution in [0.15, 0.2) is 35.2 Å². The van der Waals surface area contributed by atoms with Gasteiger partial charge in [-0.25, -0.2) is 4.98 Å². The van der Waals surface area contributed by atoms with Gasteiger partial charge in [-0.15, -0.1) is 0 Å². The van der Waals surface area contributed by atoms with Gasteiger partial charge in [0.25, 0.3) is 5.91 Å². The summed E-state index contributed by atoms with van der Waals surface area (Å²) in [6.07, 6.45) is 2.71. The number of carbonyl (C=O) groups is 1. The monoisotopic (exact) mass is 429 g/mol. The number of carbonyl (C=O) groups excluding carboxylic acids is 1. The standard InChI is InChI=1S/C21H23N3O3S2/c1-26-17-5-2-4-15-6-7-16(22-19(15)17)14-18-20(25)24(21(28)29-18)9-3-8-23-10-12-27-13-11-23/h2,4-7,14H,3,8-13H2,1H3. The minimum atomic E-state index is -0.0381. The van der Waals surface area contributed by atoms with Gasteiger partial charge in [0.15, 0.2) is 0 Å². The number of thiocarbonyl (C=S) groups is 1. The smallest absolute Gasteiger partial charge is 0.266 e. The highest BCUT2D eigenvalue weighted by Gasteiger charge is 2.31. The molecule has 2 aliphatic heterocycles. The van der Waals surface area contributed by atoms with Crippen molar-refractivity contribution in [2.45, 2.75) is 6.42 Å². The Bertz CT molecular complexity index is 957. The van der Waals surface area contributed by atoms with E-state index < -0.39 is 0 Å². The number of para-hydroxylation sites is 1. The van der Waals surface area contributed by atoms with Crippen molar-refractivity contribution >= 4 is 51.2 Å². The van der Waals surface area contributed by atoms with E-state index in [2.05, 4.69) is 9.88 Å². The summed E-state index contributed by atoms with van der Waals surface area (Å²) in [6.45, 7) is 5.06. The van der Waals surface area contributed by atoms with E-state index >= 15 is 0 Å². The molecule has 3 heterocycles. The Morgan fingerprint density at radius 3 is 2.86 bits per heavy atom. The van der Waals surface area contributed by atoms with Crippen molar-refractivity contribution in [2.75, 3.05) is 46.5 Å². The van der Waals surface area contributed by atoms with Crippen molar-refractivity contribution in [1.82, 2.24) is 14.8 Å². The molecule has 8 heteroatoms. The number of aromatic nitrogens is 1. The highest BCUT2D eigenvalue weighted by Crippen LogP contribution is 2.33. The van der Waals surface area contributed by atoms with Crippen molar-refractivity contribution in [3.63, 3.8) is 0 Å². The van der Waals surface area contributed by atoms with E-state index in [0.29, 0.717) is 21.5 Å². The van der Waals surface area contributed by atoms with Crippen LogP contribution in [0.1, 0.15) is 12.1 Å². The SMILES string of the molecule is COc1cccc2ccc(C=C3SC(=S)N(CCCN4CCOCC4)C3=O)nc12. The fraction of sp³-hybridized carbons (Fsp3) is 0.381. The average Bonchev–Trinajstić information content (AvgIpc) is 3.01. The molecule has 2 aromatic rings. The number of rotatable bonds is 6. The van der Waals surface area contributed by atoms with Crippen molar-refractivity contribution in [3.05, 3.63) is 40.9 Å². The first-order chi connectivity index (χ1) is 14.2. The van der Waals surface area contributed by atoms with Crippen molar-refractivity contribution in [3.8, 4) is 5.75 Å². The van der Waals surface area contributed by atoms with Gasteiger partial charge in [0.2, 0.25) is 0 Å². The third-order valence-corrected chi connectivity index (χ3v) is 6.41. The van der Waals surface area contributed by atoms with E-state index in [1.807, 2.05) is 36.4 Å². The van der Waals surface area contributed by atoms with E-state index in [4.69, 9.17) is 21.7 Å². The van der Waals surface area contributed by atoms with Crippen molar-refractivity contribution in [2.24, 2.45) is 0 Å². The molecule has 0 aliphatic carbocycles. The Morgan fingerprint density at radius 2 is 2.07 bits per heavy atom.